The molecule has 130 valence electrons. The van der Waals surface area contributed by atoms with Crippen LogP contribution in [-0.2, 0) is 18.1 Å². The van der Waals surface area contributed by atoms with Crippen molar-refractivity contribution in [3.63, 3.8) is 0 Å². The molecular weight excluding hydrogens is 318 g/mol. The van der Waals surface area contributed by atoms with Gasteiger partial charge in [-0.25, -0.2) is 0 Å². The average Bonchev–Trinajstić information content (AvgIpc) is 2.61. The Labute approximate surface area is 138 Å². The molecule has 0 N–H and O–H groups in total. The largest absolute Gasteiger partial charge is 0.333 e. The lowest BCUT2D eigenvalue weighted by Gasteiger charge is -2.40. The first-order valence-corrected chi connectivity index (χ1v) is 11.4. The molecule has 6 heteroatoms. The Morgan fingerprint density at radius 3 is 1.09 bits per heavy atom. The number of hydrogen-bond donors (Lipinski definition) is 0. The van der Waals surface area contributed by atoms with Crippen LogP contribution in [0, 0.1) is 10.8 Å². The Morgan fingerprint density at radius 2 is 0.864 bits per heavy atom. The molecule has 0 atom stereocenters. The molecule has 22 heavy (non-hydrogen) atoms. The minimum atomic E-state index is -0.741. The summed E-state index contributed by atoms with van der Waals surface area (Å²) in [5, 5.41) is 0. The van der Waals surface area contributed by atoms with Crippen LogP contribution in [0.4, 0.5) is 0 Å². The van der Waals surface area contributed by atoms with Gasteiger partial charge in [0.15, 0.2) is 16.8 Å². The average molecular weight is 350 g/mol. The van der Waals surface area contributed by atoms with Crippen molar-refractivity contribution >= 4 is 16.8 Å². The zero-order valence-corrected chi connectivity index (χ0v) is 16.4. The number of hydrogen-bond acceptors (Lipinski definition) is 4. The highest BCUT2D eigenvalue weighted by molar-refractivity contribution is 7.51. The molecule has 0 aromatic heterocycles. The SMILES string of the molecule is CCC1(CC)COP(CCP2OCC(CC)(CC)CO2)OC1. The van der Waals surface area contributed by atoms with Gasteiger partial charge in [0.05, 0.1) is 26.4 Å². The Kier molecular flexibility index (Phi) is 7.52. The van der Waals surface area contributed by atoms with Gasteiger partial charge in [-0.1, -0.05) is 27.7 Å². The highest BCUT2D eigenvalue weighted by Gasteiger charge is 2.37. The highest BCUT2D eigenvalue weighted by Crippen LogP contribution is 2.53. The van der Waals surface area contributed by atoms with Crippen LogP contribution in [0.25, 0.3) is 0 Å². The van der Waals surface area contributed by atoms with Crippen molar-refractivity contribution in [2.24, 2.45) is 10.8 Å². The molecule has 0 spiro atoms. The number of rotatable bonds is 7. The molecule has 2 heterocycles. The van der Waals surface area contributed by atoms with E-state index in [9.17, 15) is 0 Å². The molecule has 2 fully saturated rings. The summed E-state index contributed by atoms with van der Waals surface area (Å²) in [5.74, 6) is 0. The van der Waals surface area contributed by atoms with Crippen LogP contribution >= 0.6 is 16.8 Å². The molecule has 0 aromatic carbocycles. The van der Waals surface area contributed by atoms with Gasteiger partial charge in [0, 0.05) is 23.2 Å². The third-order valence-electron chi connectivity index (χ3n) is 5.52. The standard InChI is InChI=1S/C16H32O4P2/c1-5-15(6-2)11-17-21(18-12-15)9-10-22-19-13-16(7-3,8-4)14-20-22/h5-14H2,1-4H3. The predicted octanol–water partition coefficient (Wildman–Crippen LogP) is 5.32. The maximum Gasteiger partial charge on any atom is 0.171 e. The first-order chi connectivity index (χ1) is 10.6. The molecule has 0 saturated carbocycles. The molecule has 0 bridgehead atoms. The van der Waals surface area contributed by atoms with Gasteiger partial charge in [-0.05, 0) is 25.7 Å². The fraction of sp³-hybridized carbons (Fsp3) is 1.00. The molecule has 2 aliphatic heterocycles. The van der Waals surface area contributed by atoms with Crippen LogP contribution in [0.15, 0.2) is 0 Å². The minimum Gasteiger partial charge on any atom is -0.333 e. The van der Waals surface area contributed by atoms with Gasteiger partial charge in [-0.3, -0.25) is 0 Å². The Morgan fingerprint density at radius 1 is 0.591 bits per heavy atom. The lowest BCUT2D eigenvalue weighted by atomic mass is 9.84. The van der Waals surface area contributed by atoms with E-state index >= 15 is 0 Å². The van der Waals surface area contributed by atoms with Crippen molar-refractivity contribution in [1.82, 2.24) is 0 Å². The maximum atomic E-state index is 5.99. The highest BCUT2D eigenvalue weighted by atomic mass is 31.2. The van der Waals surface area contributed by atoms with Crippen LogP contribution < -0.4 is 0 Å². The third-order valence-corrected chi connectivity index (χ3v) is 8.72. The predicted molar refractivity (Wildman–Crippen MR) is 93.4 cm³/mol. The van der Waals surface area contributed by atoms with E-state index in [0.29, 0.717) is 0 Å². The summed E-state index contributed by atoms with van der Waals surface area (Å²) in [7, 11) is -1.48. The molecule has 2 saturated heterocycles. The fourth-order valence-electron chi connectivity index (χ4n) is 2.73. The summed E-state index contributed by atoms with van der Waals surface area (Å²) >= 11 is 0. The van der Waals surface area contributed by atoms with E-state index in [1.165, 1.54) is 0 Å². The smallest absolute Gasteiger partial charge is 0.171 e. The zero-order valence-electron chi connectivity index (χ0n) is 14.6. The van der Waals surface area contributed by atoms with E-state index in [2.05, 4.69) is 27.7 Å². The molecule has 2 rings (SSSR count). The van der Waals surface area contributed by atoms with Crippen molar-refractivity contribution in [1.29, 1.82) is 0 Å². The lowest BCUT2D eigenvalue weighted by Crippen LogP contribution is -2.35. The van der Waals surface area contributed by atoms with Crippen molar-refractivity contribution in [3.05, 3.63) is 0 Å². The molecule has 2 aliphatic rings. The van der Waals surface area contributed by atoms with Crippen LogP contribution in [0.3, 0.4) is 0 Å². The zero-order chi connectivity index (χ0) is 16.1. The summed E-state index contributed by atoms with van der Waals surface area (Å²) < 4.78 is 24.0. The molecule has 0 aliphatic carbocycles. The Hall–Kier alpha value is 0.700. The van der Waals surface area contributed by atoms with Crippen LogP contribution in [0.5, 0.6) is 0 Å². The Bertz CT molecular complexity index is 280. The van der Waals surface area contributed by atoms with Gasteiger partial charge >= 0.3 is 0 Å². The molecule has 0 unspecified atom stereocenters. The van der Waals surface area contributed by atoms with E-state index in [4.69, 9.17) is 18.1 Å². The molecule has 0 radical (unpaired) electrons. The van der Waals surface area contributed by atoms with E-state index in [1.54, 1.807) is 0 Å². The summed E-state index contributed by atoms with van der Waals surface area (Å²) in [6.45, 7) is 12.3. The normalized spacial score (nSPS) is 26.2. The fourth-order valence-corrected chi connectivity index (χ4v) is 6.37. The first-order valence-electron chi connectivity index (χ1n) is 8.67. The molecule has 0 aromatic rings. The van der Waals surface area contributed by atoms with Gasteiger partial charge in [0.25, 0.3) is 0 Å². The van der Waals surface area contributed by atoms with E-state index in [0.717, 1.165) is 64.4 Å². The maximum absolute atomic E-state index is 5.99. The van der Waals surface area contributed by atoms with Gasteiger partial charge in [-0.15, -0.1) is 0 Å². The van der Waals surface area contributed by atoms with Gasteiger partial charge in [-0.2, -0.15) is 0 Å². The van der Waals surface area contributed by atoms with Crippen LogP contribution in [0.1, 0.15) is 53.4 Å². The van der Waals surface area contributed by atoms with Gasteiger partial charge in [0.2, 0.25) is 0 Å². The van der Waals surface area contributed by atoms with E-state index < -0.39 is 16.8 Å². The molecule has 0 amide bonds. The first kappa shape index (κ1) is 19.0. The lowest BCUT2D eigenvalue weighted by molar-refractivity contribution is 0.0255. The summed E-state index contributed by atoms with van der Waals surface area (Å²) in [6.07, 6.45) is 6.39. The van der Waals surface area contributed by atoms with Gasteiger partial charge in [0.1, 0.15) is 0 Å². The van der Waals surface area contributed by atoms with Crippen molar-refractivity contribution in [2.45, 2.75) is 53.4 Å². The van der Waals surface area contributed by atoms with E-state index in [1.807, 2.05) is 0 Å². The Balaban J connectivity index is 1.68. The monoisotopic (exact) mass is 350 g/mol. The van der Waals surface area contributed by atoms with Crippen LogP contribution in [-0.4, -0.2) is 38.8 Å². The summed E-state index contributed by atoms with van der Waals surface area (Å²) in [5.41, 5.74) is 0.480. The summed E-state index contributed by atoms with van der Waals surface area (Å²) in [6, 6.07) is 0. The minimum absolute atomic E-state index is 0.240. The van der Waals surface area contributed by atoms with Crippen molar-refractivity contribution < 1.29 is 18.1 Å². The quantitative estimate of drug-likeness (QED) is 0.583. The second-order valence-electron chi connectivity index (χ2n) is 6.62. The second kappa shape index (κ2) is 8.70. The third kappa shape index (κ3) is 4.62. The van der Waals surface area contributed by atoms with Crippen molar-refractivity contribution in [2.75, 3.05) is 38.8 Å². The topological polar surface area (TPSA) is 36.9 Å². The van der Waals surface area contributed by atoms with E-state index in [-0.39, 0.29) is 10.8 Å². The van der Waals surface area contributed by atoms with Crippen LogP contribution in [0.2, 0.25) is 0 Å². The summed E-state index contributed by atoms with van der Waals surface area (Å²) in [4.78, 5) is 0. The van der Waals surface area contributed by atoms with Gasteiger partial charge < -0.3 is 18.1 Å². The molecule has 4 nitrogen and oxygen atoms in total. The second-order valence-corrected chi connectivity index (χ2v) is 9.88. The van der Waals surface area contributed by atoms with Crippen molar-refractivity contribution in [3.8, 4) is 0 Å². The molecular formula is C16H32O4P2.